The summed E-state index contributed by atoms with van der Waals surface area (Å²) in [5.41, 5.74) is 13.2. The molecule has 0 saturated heterocycles. The van der Waals surface area contributed by atoms with Crippen molar-refractivity contribution in [2.75, 3.05) is 0 Å². The smallest absolute Gasteiger partial charge is 0.0705 e. The van der Waals surface area contributed by atoms with Crippen molar-refractivity contribution in [2.24, 2.45) is 0 Å². The van der Waals surface area contributed by atoms with Crippen molar-refractivity contribution in [3.8, 4) is 44.6 Å². The van der Waals surface area contributed by atoms with E-state index in [0.29, 0.717) is 0 Å². The SMILES string of the molecule is Cc1ccc(-c2cc(C)cc(-c3ccc(-c4cccc(-c5cc(C(C)(C)C)ccn5)c4)c4ccncc34)c2)cc1. The number of fused-ring (bicyclic) bond motifs is 1. The summed E-state index contributed by atoms with van der Waals surface area (Å²) in [5, 5.41) is 2.35. The van der Waals surface area contributed by atoms with E-state index in [1.807, 2.05) is 18.6 Å². The Morgan fingerprint density at radius 1 is 0.525 bits per heavy atom. The van der Waals surface area contributed by atoms with Crippen LogP contribution in [0.4, 0.5) is 0 Å². The van der Waals surface area contributed by atoms with Crippen LogP contribution in [0.5, 0.6) is 0 Å². The highest BCUT2D eigenvalue weighted by molar-refractivity contribution is 6.05. The largest absolute Gasteiger partial charge is 0.264 e. The second-order valence-electron chi connectivity index (χ2n) is 11.8. The van der Waals surface area contributed by atoms with Crippen molar-refractivity contribution >= 4 is 10.8 Å². The molecule has 0 spiro atoms. The third-order valence-electron chi connectivity index (χ3n) is 7.69. The summed E-state index contributed by atoms with van der Waals surface area (Å²) in [4.78, 5) is 9.24. The standard InChI is InChI=1S/C38H34N2/c1-25-9-11-27(12-10-25)30-19-26(2)20-31(22-30)34-14-13-33(35-16-17-39-24-36(34)35)28-7-6-8-29(21-28)37-23-32(15-18-40-37)38(3,4)5/h6-24H,1-5H3. The Kier molecular flexibility index (Phi) is 6.56. The van der Waals surface area contributed by atoms with Crippen LogP contribution in [0, 0.1) is 13.8 Å². The van der Waals surface area contributed by atoms with Gasteiger partial charge in [-0.3, -0.25) is 9.97 Å². The predicted octanol–water partition coefficient (Wildman–Crippen LogP) is 10.2. The summed E-state index contributed by atoms with van der Waals surface area (Å²) in [7, 11) is 0. The zero-order chi connectivity index (χ0) is 27.9. The van der Waals surface area contributed by atoms with Crippen LogP contribution in [-0.2, 0) is 5.41 Å². The van der Waals surface area contributed by atoms with E-state index in [1.54, 1.807) is 0 Å². The molecule has 2 heterocycles. The summed E-state index contributed by atoms with van der Waals surface area (Å²) in [6, 6.07) is 35.3. The van der Waals surface area contributed by atoms with E-state index in [-0.39, 0.29) is 5.41 Å². The highest BCUT2D eigenvalue weighted by Gasteiger charge is 2.16. The van der Waals surface area contributed by atoms with E-state index in [0.717, 1.165) is 16.6 Å². The van der Waals surface area contributed by atoms with Crippen LogP contribution in [0.1, 0.15) is 37.5 Å². The van der Waals surface area contributed by atoms with Crippen LogP contribution < -0.4 is 0 Å². The van der Waals surface area contributed by atoms with Gasteiger partial charge in [-0.2, -0.15) is 0 Å². The molecule has 0 fully saturated rings. The van der Waals surface area contributed by atoms with Gasteiger partial charge in [-0.25, -0.2) is 0 Å². The average Bonchev–Trinajstić information content (AvgIpc) is 2.96. The number of hydrogen-bond donors (Lipinski definition) is 0. The van der Waals surface area contributed by atoms with Gasteiger partial charge in [-0.1, -0.05) is 93.1 Å². The normalized spacial score (nSPS) is 11.6. The van der Waals surface area contributed by atoms with Crippen LogP contribution in [0.15, 0.2) is 116 Å². The van der Waals surface area contributed by atoms with Crippen molar-refractivity contribution in [3.63, 3.8) is 0 Å². The third kappa shape index (κ3) is 5.05. The number of pyridine rings is 2. The molecule has 0 aliphatic rings. The van der Waals surface area contributed by atoms with E-state index in [1.165, 1.54) is 55.5 Å². The maximum absolute atomic E-state index is 4.71. The Morgan fingerprint density at radius 2 is 1.23 bits per heavy atom. The lowest BCUT2D eigenvalue weighted by molar-refractivity contribution is 0.589. The number of rotatable bonds is 4. The van der Waals surface area contributed by atoms with Crippen molar-refractivity contribution in [2.45, 2.75) is 40.0 Å². The third-order valence-corrected chi connectivity index (χ3v) is 7.69. The molecule has 196 valence electrons. The van der Waals surface area contributed by atoms with Crippen molar-refractivity contribution in [3.05, 3.63) is 132 Å². The predicted molar refractivity (Wildman–Crippen MR) is 169 cm³/mol. The van der Waals surface area contributed by atoms with Gasteiger partial charge in [0.2, 0.25) is 0 Å². The summed E-state index contributed by atoms with van der Waals surface area (Å²) in [5.74, 6) is 0. The van der Waals surface area contributed by atoms with Gasteiger partial charge in [0.05, 0.1) is 5.69 Å². The fraction of sp³-hybridized carbons (Fsp3) is 0.158. The fourth-order valence-electron chi connectivity index (χ4n) is 5.45. The molecule has 0 unspecified atom stereocenters. The van der Waals surface area contributed by atoms with Gasteiger partial charge in [0.15, 0.2) is 0 Å². The topological polar surface area (TPSA) is 25.8 Å². The summed E-state index contributed by atoms with van der Waals surface area (Å²) in [6.07, 6.45) is 5.81. The van der Waals surface area contributed by atoms with Gasteiger partial charge >= 0.3 is 0 Å². The molecule has 0 bridgehead atoms. The van der Waals surface area contributed by atoms with Gasteiger partial charge in [0, 0.05) is 29.5 Å². The van der Waals surface area contributed by atoms with Gasteiger partial charge < -0.3 is 0 Å². The van der Waals surface area contributed by atoms with Gasteiger partial charge in [0.1, 0.15) is 0 Å². The molecule has 40 heavy (non-hydrogen) atoms. The Hall–Kier alpha value is -4.56. The van der Waals surface area contributed by atoms with Gasteiger partial charge in [-0.05, 0) is 99.5 Å². The molecule has 2 aromatic heterocycles. The van der Waals surface area contributed by atoms with Gasteiger partial charge in [0.25, 0.3) is 0 Å². The molecule has 2 heteroatoms. The molecule has 0 radical (unpaired) electrons. The summed E-state index contributed by atoms with van der Waals surface area (Å²) in [6.45, 7) is 11.0. The first kappa shape index (κ1) is 25.7. The van der Waals surface area contributed by atoms with Crippen LogP contribution in [-0.4, -0.2) is 9.97 Å². The Labute approximate surface area is 237 Å². The highest BCUT2D eigenvalue weighted by Crippen LogP contribution is 2.38. The van der Waals surface area contributed by atoms with Crippen molar-refractivity contribution in [1.29, 1.82) is 0 Å². The van der Waals surface area contributed by atoms with E-state index in [4.69, 9.17) is 4.98 Å². The van der Waals surface area contributed by atoms with Crippen LogP contribution in [0.2, 0.25) is 0 Å². The first-order valence-electron chi connectivity index (χ1n) is 13.9. The molecule has 6 aromatic rings. The van der Waals surface area contributed by atoms with Crippen LogP contribution in [0.3, 0.4) is 0 Å². The molecule has 4 aromatic carbocycles. The molecule has 0 saturated carbocycles. The first-order chi connectivity index (χ1) is 19.3. The highest BCUT2D eigenvalue weighted by atomic mass is 14.7. The Balaban J connectivity index is 1.45. The molecule has 0 atom stereocenters. The molecular formula is C38H34N2. The maximum Gasteiger partial charge on any atom is 0.0705 e. The molecule has 2 nitrogen and oxygen atoms in total. The lowest BCUT2D eigenvalue weighted by Crippen LogP contribution is -2.11. The summed E-state index contributed by atoms with van der Waals surface area (Å²) < 4.78 is 0. The first-order valence-corrected chi connectivity index (χ1v) is 13.9. The van der Waals surface area contributed by atoms with Crippen LogP contribution in [0.25, 0.3) is 55.4 Å². The minimum atomic E-state index is 0.0729. The number of aryl methyl sites for hydroxylation is 2. The lowest BCUT2D eigenvalue weighted by Gasteiger charge is -2.19. The Morgan fingerprint density at radius 3 is 2.00 bits per heavy atom. The molecule has 0 N–H and O–H groups in total. The van der Waals surface area contributed by atoms with E-state index < -0.39 is 0 Å². The van der Waals surface area contributed by atoms with Gasteiger partial charge in [-0.15, -0.1) is 0 Å². The van der Waals surface area contributed by atoms with E-state index in [9.17, 15) is 0 Å². The molecule has 6 rings (SSSR count). The number of benzene rings is 4. The van der Waals surface area contributed by atoms with E-state index >= 15 is 0 Å². The second-order valence-corrected chi connectivity index (χ2v) is 11.8. The quantitative estimate of drug-likeness (QED) is 0.232. The Bertz CT molecular complexity index is 1840. The molecule has 0 aliphatic carbocycles. The van der Waals surface area contributed by atoms with E-state index in [2.05, 4.69) is 137 Å². The zero-order valence-electron chi connectivity index (χ0n) is 23.9. The zero-order valence-corrected chi connectivity index (χ0v) is 23.9. The number of nitrogens with zero attached hydrogens (tertiary/aromatic N) is 2. The molecule has 0 amide bonds. The minimum Gasteiger partial charge on any atom is -0.264 e. The van der Waals surface area contributed by atoms with Crippen molar-refractivity contribution in [1.82, 2.24) is 9.97 Å². The molecular weight excluding hydrogens is 484 g/mol. The lowest BCUT2D eigenvalue weighted by atomic mass is 9.86. The summed E-state index contributed by atoms with van der Waals surface area (Å²) >= 11 is 0. The second kappa shape index (κ2) is 10.2. The fourth-order valence-corrected chi connectivity index (χ4v) is 5.45. The maximum atomic E-state index is 4.71. The number of aromatic nitrogens is 2. The average molecular weight is 519 g/mol. The number of hydrogen-bond acceptors (Lipinski definition) is 2. The molecule has 0 aliphatic heterocycles. The minimum absolute atomic E-state index is 0.0729. The van der Waals surface area contributed by atoms with Crippen molar-refractivity contribution < 1.29 is 0 Å². The van der Waals surface area contributed by atoms with Crippen LogP contribution >= 0.6 is 0 Å². The monoisotopic (exact) mass is 518 g/mol.